The highest BCUT2D eigenvalue weighted by molar-refractivity contribution is 7.21. The van der Waals surface area contributed by atoms with Crippen LogP contribution in [0.5, 0.6) is 11.5 Å². The van der Waals surface area contributed by atoms with E-state index in [4.69, 9.17) is 20.2 Å². The largest absolute Gasteiger partial charge is 0.497 e. The molecule has 0 saturated heterocycles. The summed E-state index contributed by atoms with van der Waals surface area (Å²) in [5.74, 6) is 0.745. The Hall–Kier alpha value is -4.64. The topological polar surface area (TPSA) is 99.4 Å². The summed E-state index contributed by atoms with van der Waals surface area (Å²) in [5, 5.41) is 3.12. The first-order valence-electron chi connectivity index (χ1n) is 11.5. The van der Waals surface area contributed by atoms with Crippen LogP contribution in [0, 0.1) is 0 Å². The lowest BCUT2D eigenvalue weighted by Crippen LogP contribution is -2.14. The number of amides is 1. The van der Waals surface area contributed by atoms with Crippen LogP contribution in [0.4, 0.5) is 24.7 Å². The molecule has 7 nitrogen and oxygen atoms in total. The Balaban J connectivity index is 1.59. The van der Waals surface area contributed by atoms with Crippen LogP contribution in [0.15, 0.2) is 72.9 Å². The summed E-state index contributed by atoms with van der Waals surface area (Å²) in [7, 11) is 3.16. The zero-order valence-corrected chi connectivity index (χ0v) is 21.5. The molecule has 3 aromatic heterocycles. The number of halogens is 3. The number of pyridine rings is 2. The number of alkyl halides is 3. The molecule has 11 heteroatoms. The number of ether oxygens (including phenoxy) is 2. The molecular weight excluding hydrogens is 529 g/mol. The standard InChI is InChI=1S/C28H21F3N4O3S/c1-37-18-8-3-15(4-9-18)20-13-21(16-5-10-19(38-2)11-6-16)34-27-23(20)24(32)25(39-27)26(36)35-22-12-7-17(14-33-22)28(29,30)31/h3-14H,32H2,1-2H3,(H,33,35,36). The molecule has 5 rings (SSSR count). The lowest BCUT2D eigenvalue weighted by Gasteiger charge is -2.10. The highest BCUT2D eigenvalue weighted by atomic mass is 32.1. The number of anilines is 2. The number of fused-ring (bicyclic) bond motifs is 1. The van der Waals surface area contributed by atoms with Crippen LogP contribution >= 0.6 is 11.3 Å². The lowest BCUT2D eigenvalue weighted by atomic mass is 9.99. The van der Waals surface area contributed by atoms with Crippen LogP contribution in [-0.4, -0.2) is 30.1 Å². The van der Waals surface area contributed by atoms with E-state index < -0.39 is 17.6 Å². The molecule has 0 saturated carbocycles. The molecule has 0 aliphatic heterocycles. The number of methoxy groups -OCH3 is 2. The molecule has 0 aliphatic rings. The minimum absolute atomic E-state index is 0.0351. The Kier molecular flexibility index (Phi) is 6.83. The van der Waals surface area contributed by atoms with Gasteiger partial charge in [-0.3, -0.25) is 4.79 Å². The first kappa shape index (κ1) is 26.0. The molecule has 2 aromatic carbocycles. The zero-order valence-electron chi connectivity index (χ0n) is 20.7. The van der Waals surface area contributed by atoms with Gasteiger partial charge in [0.2, 0.25) is 0 Å². The number of hydrogen-bond donors (Lipinski definition) is 2. The van der Waals surface area contributed by atoms with Gasteiger partial charge in [0.15, 0.2) is 0 Å². The SMILES string of the molecule is COc1ccc(-c2cc(-c3ccc(OC)cc3)c3c(N)c(C(=O)Nc4ccc(C(F)(F)F)cn4)sc3n2)cc1. The molecule has 0 aliphatic carbocycles. The first-order chi connectivity index (χ1) is 18.7. The maximum Gasteiger partial charge on any atom is 0.417 e. The third kappa shape index (κ3) is 5.21. The molecule has 5 aromatic rings. The van der Waals surface area contributed by atoms with Gasteiger partial charge >= 0.3 is 6.18 Å². The number of nitrogens with one attached hydrogen (secondary N) is 1. The molecule has 3 heterocycles. The summed E-state index contributed by atoms with van der Waals surface area (Å²) in [6.45, 7) is 0. The lowest BCUT2D eigenvalue weighted by molar-refractivity contribution is -0.137. The van der Waals surface area contributed by atoms with Crippen LogP contribution in [0.1, 0.15) is 15.2 Å². The molecule has 198 valence electrons. The smallest absolute Gasteiger partial charge is 0.417 e. The van der Waals surface area contributed by atoms with E-state index in [9.17, 15) is 18.0 Å². The van der Waals surface area contributed by atoms with Crippen molar-refractivity contribution < 1.29 is 27.4 Å². The second-order valence-electron chi connectivity index (χ2n) is 8.42. The van der Waals surface area contributed by atoms with E-state index in [0.29, 0.717) is 33.6 Å². The van der Waals surface area contributed by atoms with Gasteiger partial charge in [-0.05, 0) is 65.7 Å². The molecule has 0 fully saturated rings. The van der Waals surface area contributed by atoms with E-state index >= 15 is 0 Å². The Morgan fingerprint density at radius 1 is 0.923 bits per heavy atom. The number of nitrogens with zero attached hydrogens (tertiary/aromatic N) is 2. The molecule has 3 N–H and O–H groups in total. The van der Waals surface area contributed by atoms with Gasteiger partial charge in [-0.1, -0.05) is 12.1 Å². The Bertz CT molecular complexity index is 1650. The van der Waals surface area contributed by atoms with Crippen molar-refractivity contribution in [3.05, 3.63) is 83.4 Å². The molecule has 39 heavy (non-hydrogen) atoms. The van der Waals surface area contributed by atoms with Gasteiger partial charge in [0.05, 0.1) is 31.2 Å². The van der Waals surface area contributed by atoms with Crippen molar-refractivity contribution in [2.75, 3.05) is 25.3 Å². The number of hydrogen-bond acceptors (Lipinski definition) is 7. The summed E-state index contributed by atoms with van der Waals surface area (Å²) in [6.07, 6.45) is -3.87. The van der Waals surface area contributed by atoms with E-state index in [2.05, 4.69) is 10.3 Å². The molecule has 1 amide bonds. The van der Waals surface area contributed by atoms with E-state index in [1.165, 1.54) is 0 Å². The van der Waals surface area contributed by atoms with Crippen molar-refractivity contribution in [3.63, 3.8) is 0 Å². The fourth-order valence-electron chi connectivity index (χ4n) is 4.01. The van der Waals surface area contributed by atoms with E-state index in [1.54, 1.807) is 14.2 Å². The van der Waals surface area contributed by atoms with Gasteiger partial charge in [0.1, 0.15) is 27.0 Å². The second-order valence-corrected chi connectivity index (χ2v) is 9.42. The normalized spacial score (nSPS) is 11.4. The minimum Gasteiger partial charge on any atom is -0.497 e. The van der Waals surface area contributed by atoms with Crippen LogP contribution in [0.2, 0.25) is 0 Å². The minimum atomic E-state index is -4.53. The van der Waals surface area contributed by atoms with E-state index in [-0.39, 0.29) is 16.4 Å². The predicted octanol–water partition coefficient (Wildman–Crippen LogP) is 6.90. The molecule has 0 unspecified atom stereocenters. The van der Waals surface area contributed by atoms with Crippen molar-refractivity contribution >= 4 is 39.0 Å². The van der Waals surface area contributed by atoms with Gasteiger partial charge in [-0.15, -0.1) is 11.3 Å². The van der Waals surface area contributed by atoms with Gasteiger partial charge in [-0.25, -0.2) is 9.97 Å². The second kappa shape index (κ2) is 10.3. The third-order valence-corrected chi connectivity index (χ3v) is 7.12. The highest BCUT2D eigenvalue weighted by Gasteiger charge is 2.31. The number of carbonyl (C=O) groups excluding carboxylic acids is 1. The zero-order chi connectivity index (χ0) is 27.7. The number of aromatic nitrogens is 2. The van der Waals surface area contributed by atoms with E-state index in [0.717, 1.165) is 40.2 Å². The summed E-state index contributed by atoms with van der Waals surface area (Å²) in [4.78, 5) is 22.3. The number of carbonyl (C=O) groups is 1. The maximum absolute atomic E-state index is 13.1. The quantitative estimate of drug-likeness (QED) is 0.239. The van der Waals surface area contributed by atoms with Crippen LogP contribution in [0.3, 0.4) is 0 Å². The molecule has 0 radical (unpaired) electrons. The van der Waals surface area contributed by atoms with Gasteiger partial charge in [0, 0.05) is 17.1 Å². The average molecular weight is 551 g/mol. The van der Waals surface area contributed by atoms with Crippen molar-refractivity contribution in [2.24, 2.45) is 0 Å². The number of nitrogens with two attached hydrogens (primary N) is 1. The Morgan fingerprint density at radius 2 is 1.54 bits per heavy atom. The number of thiophene rings is 1. The Morgan fingerprint density at radius 3 is 2.08 bits per heavy atom. The van der Waals surface area contributed by atoms with Crippen molar-refractivity contribution in [2.45, 2.75) is 6.18 Å². The molecule has 0 bridgehead atoms. The fraction of sp³-hybridized carbons (Fsp3) is 0.107. The van der Waals surface area contributed by atoms with Crippen LogP contribution in [0.25, 0.3) is 32.6 Å². The Labute approximate surface area is 225 Å². The predicted molar refractivity (Wildman–Crippen MR) is 145 cm³/mol. The van der Waals surface area contributed by atoms with Crippen molar-refractivity contribution in [1.82, 2.24) is 9.97 Å². The maximum atomic E-state index is 13.1. The first-order valence-corrected chi connectivity index (χ1v) is 12.4. The van der Waals surface area contributed by atoms with Gasteiger partial charge in [0.25, 0.3) is 5.91 Å². The molecular formula is C28H21F3N4O3S. The summed E-state index contributed by atoms with van der Waals surface area (Å²) >= 11 is 1.09. The van der Waals surface area contributed by atoms with Gasteiger partial charge < -0.3 is 20.5 Å². The fourth-order valence-corrected chi connectivity index (χ4v) is 5.02. The summed E-state index contributed by atoms with van der Waals surface area (Å²) in [6, 6.07) is 18.7. The van der Waals surface area contributed by atoms with Crippen LogP contribution in [-0.2, 0) is 6.18 Å². The van der Waals surface area contributed by atoms with Crippen LogP contribution < -0.4 is 20.5 Å². The van der Waals surface area contributed by atoms with Gasteiger partial charge in [-0.2, -0.15) is 13.2 Å². The number of benzene rings is 2. The van der Waals surface area contributed by atoms with Crippen molar-refractivity contribution in [3.8, 4) is 33.9 Å². The van der Waals surface area contributed by atoms with Crippen molar-refractivity contribution in [1.29, 1.82) is 0 Å². The monoisotopic (exact) mass is 550 g/mol. The average Bonchev–Trinajstić information content (AvgIpc) is 3.29. The van der Waals surface area contributed by atoms with E-state index in [1.807, 2.05) is 54.6 Å². The number of rotatable bonds is 6. The summed E-state index contributed by atoms with van der Waals surface area (Å²) in [5.41, 5.74) is 8.87. The highest BCUT2D eigenvalue weighted by Crippen LogP contribution is 2.42. The number of nitrogen functional groups attached to an aromatic ring is 1. The molecule has 0 atom stereocenters. The summed E-state index contributed by atoms with van der Waals surface area (Å²) < 4.78 is 49.1. The third-order valence-electron chi connectivity index (χ3n) is 6.02. The molecule has 0 spiro atoms.